The van der Waals surface area contributed by atoms with Crippen LogP contribution in [-0.2, 0) is 4.79 Å². The molecule has 0 radical (unpaired) electrons. The lowest BCUT2D eigenvalue weighted by Crippen LogP contribution is -2.43. The Morgan fingerprint density at radius 2 is 2.46 bits per heavy atom. The van der Waals surface area contributed by atoms with Crippen molar-refractivity contribution < 1.29 is 4.79 Å². The van der Waals surface area contributed by atoms with Crippen LogP contribution in [0, 0.1) is 0 Å². The fraction of sp³-hybridized carbons (Fsp3) is 0.700. The van der Waals surface area contributed by atoms with Crippen LogP contribution < -0.4 is 5.32 Å². The lowest BCUT2D eigenvalue weighted by Gasteiger charge is -2.27. The van der Waals surface area contributed by atoms with E-state index in [-0.39, 0.29) is 5.91 Å². The van der Waals surface area contributed by atoms with Gasteiger partial charge in [-0.25, -0.2) is 0 Å². The van der Waals surface area contributed by atoms with Crippen molar-refractivity contribution in [2.45, 2.75) is 25.3 Å². The summed E-state index contributed by atoms with van der Waals surface area (Å²) in [5.41, 5.74) is 0. The summed E-state index contributed by atoms with van der Waals surface area (Å²) in [7, 11) is 1.82. The molecule has 1 aliphatic heterocycles. The Hall–Kier alpha value is -0.830. The van der Waals surface area contributed by atoms with Crippen LogP contribution >= 0.6 is 0 Å². The standard InChI is InChI=1S/C10H18N2O/c1-3-10(13)12(2)8-9-6-4-5-7-11-9/h3,9,11H,1,4-8H2,2H3. The maximum Gasteiger partial charge on any atom is 0.245 e. The number of hydrogen-bond donors (Lipinski definition) is 1. The van der Waals surface area contributed by atoms with E-state index in [0.717, 1.165) is 13.1 Å². The van der Waals surface area contributed by atoms with Crippen LogP contribution in [0.15, 0.2) is 12.7 Å². The SMILES string of the molecule is C=CC(=O)N(C)CC1CCCCN1. The van der Waals surface area contributed by atoms with E-state index < -0.39 is 0 Å². The summed E-state index contributed by atoms with van der Waals surface area (Å²) in [4.78, 5) is 12.9. The molecule has 74 valence electrons. The van der Waals surface area contributed by atoms with Gasteiger partial charge in [0.05, 0.1) is 0 Å². The van der Waals surface area contributed by atoms with Crippen LogP contribution in [0.2, 0.25) is 0 Å². The lowest BCUT2D eigenvalue weighted by atomic mass is 10.0. The molecule has 0 aromatic carbocycles. The molecule has 1 amide bonds. The minimum Gasteiger partial charge on any atom is -0.341 e. The number of piperidine rings is 1. The third kappa shape index (κ3) is 3.19. The van der Waals surface area contributed by atoms with Gasteiger partial charge < -0.3 is 10.2 Å². The van der Waals surface area contributed by atoms with Gasteiger partial charge in [0.15, 0.2) is 0 Å². The minimum absolute atomic E-state index is 0.00683. The number of nitrogens with one attached hydrogen (secondary N) is 1. The second-order valence-electron chi connectivity index (χ2n) is 3.57. The third-order valence-corrected chi connectivity index (χ3v) is 2.46. The molecule has 1 aliphatic rings. The lowest BCUT2D eigenvalue weighted by molar-refractivity contribution is -0.125. The largest absolute Gasteiger partial charge is 0.341 e. The first kappa shape index (κ1) is 10.3. The van der Waals surface area contributed by atoms with Gasteiger partial charge in [0, 0.05) is 19.6 Å². The van der Waals surface area contributed by atoms with Crippen molar-refractivity contribution >= 4 is 5.91 Å². The Labute approximate surface area is 79.8 Å². The number of carbonyl (C=O) groups is 1. The molecule has 1 unspecified atom stereocenters. The van der Waals surface area contributed by atoms with Crippen LogP contribution in [0.3, 0.4) is 0 Å². The molecule has 13 heavy (non-hydrogen) atoms. The van der Waals surface area contributed by atoms with E-state index >= 15 is 0 Å². The normalized spacial score (nSPS) is 22.4. The zero-order chi connectivity index (χ0) is 9.68. The van der Waals surface area contributed by atoms with E-state index in [1.165, 1.54) is 25.3 Å². The van der Waals surface area contributed by atoms with Gasteiger partial charge in [0.25, 0.3) is 0 Å². The maximum absolute atomic E-state index is 11.2. The molecule has 1 rings (SSSR count). The summed E-state index contributed by atoms with van der Waals surface area (Å²) in [6, 6.07) is 0.475. The Kier molecular flexibility index (Phi) is 3.96. The smallest absolute Gasteiger partial charge is 0.245 e. The first-order valence-electron chi connectivity index (χ1n) is 4.85. The topological polar surface area (TPSA) is 32.3 Å². The predicted octanol–water partition coefficient (Wildman–Crippen LogP) is 0.773. The van der Waals surface area contributed by atoms with Gasteiger partial charge in [-0.2, -0.15) is 0 Å². The molecule has 1 heterocycles. The van der Waals surface area contributed by atoms with Crippen molar-refractivity contribution in [2.75, 3.05) is 20.1 Å². The molecule has 0 bridgehead atoms. The Morgan fingerprint density at radius 1 is 1.69 bits per heavy atom. The molecule has 3 nitrogen and oxygen atoms in total. The molecule has 3 heteroatoms. The first-order chi connectivity index (χ1) is 6.24. The molecular formula is C10H18N2O. The summed E-state index contributed by atoms with van der Waals surface area (Å²) in [6.07, 6.45) is 5.07. The second kappa shape index (κ2) is 5.02. The van der Waals surface area contributed by atoms with Crippen LogP contribution in [0.25, 0.3) is 0 Å². The van der Waals surface area contributed by atoms with Gasteiger partial charge in [-0.15, -0.1) is 0 Å². The molecular weight excluding hydrogens is 164 g/mol. The second-order valence-corrected chi connectivity index (χ2v) is 3.57. The molecule has 1 fully saturated rings. The molecule has 0 aromatic heterocycles. The van der Waals surface area contributed by atoms with E-state index in [0.29, 0.717) is 6.04 Å². The van der Waals surface area contributed by atoms with Crippen molar-refractivity contribution in [3.8, 4) is 0 Å². The molecule has 0 saturated carbocycles. The summed E-state index contributed by atoms with van der Waals surface area (Å²) >= 11 is 0. The number of likely N-dealkylation sites (N-methyl/N-ethyl adjacent to an activating group) is 1. The summed E-state index contributed by atoms with van der Waals surface area (Å²) < 4.78 is 0. The average molecular weight is 182 g/mol. The van der Waals surface area contributed by atoms with Crippen molar-refractivity contribution in [1.29, 1.82) is 0 Å². The van der Waals surface area contributed by atoms with E-state index in [9.17, 15) is 4.79 Å². The predicted molar refractivity (Wildman–Crippen MR) is 53.5 cm³/mol. The zero-order valence-corrected chi connectivity index (χ0v) is 8.25. The highest BCUT2D eigenvalue weighted by Crippen LogP contribution is 2.07. The highest BCUT2D eigenvalue weighted by molar-refractivity contribution is 5.86. The van der Waals surface area contributed by atoms with Crippen molar-refractivity contribution in [2.24, 2.45) is 0 Å². The first-order valence-corrected chi connectivity index (χ1v) is 4.85. The van der Waals surface area contributed by atoms with Gasteiger partial charge in [-0.1, -0.05) is 13.0 Å². The summed E-state index contributed by atoms with van der Waals surface area (Å²) in [5.74, 6) is 0.00683. The zero-order valence-electron chi connectivity index (χ0n) is 8.25. The number of hydrogen-bond acceptors (Lipinski definition) is 2. The van der Waals surface area contributed by atoms with Crippen LogP contribution in [0.4, 0.5) is 0 Å². The molecule has 0 aromatic rings. The van der Waals surface area contributed by atoms with E-state index in [1.54, 1.807) is 4.90 Å². The Balaban J connectivity index is 2.29. The van der Waals surface area contributed by atoms with Crippen molar-refractivity contribution in [3.05, 3.63) is 12.7 Å². The van der Waals surface area contributed by atoms with E-state index in [2.05, 4.69) is 11.9 Å². The fourth-order valence-corrected chi connectivity index (χ4v) is 1.66. The van der Waals surface area contributed by atoms with Crippen LogP contribution in [0.5, 0.6) is 0 Å². The Morgan fingerprint density at radius 3 is 3.00 bits per heavy atom. The third-order valence-electron chi connectivity index (χ3n) is 2.46. The minimum atomic E-state index is 0.00683. The van der Waals surface area contributed by atoms with Crippen LogP contribution in [-0.4, -0.2) is 37.0 Å². The molecule has 1 atom stereocenters. The van der Waals surface area contributed by atoms with Gasteiger partial charge >= 0.3 is 0 Å². The number of nitrogens with zero attached hydrogens (tertiary/aromatic N) is 1. The quantitative estimate of drug-likeness (QED) is 0.654. The fourth-order valence-electron chi connectivity index (χ4n) is 1.66. The highest BCUT2D eigenvalue weighted by atomic mass is 16.2. The van der Waals surface area contributed by atoms with Crippen molar-refractivity contribution in [1.82, 2.24) is 10.2 Å². The number of carbonyl (C=O) groups excluding carboxylic acids is 1. The van der Waals surface area contributed by atoms with Gasteiger partial charge in [-0.3, -0.25) is 4.79 Å². The number of amides is 1. The van der Waals surface area contributed by atoms with E-state index in [1.807, 2.05) is 7.05 Å². The van der Waals surface area contributed by atoms with Gasteiger partial charge in [-0.05, 0) is 25.5 Å². The van der Waals surface area contributed by atoms with Gasteiger partial charge in [0.2, 0.25) is 5.91 Å². The summed E-state index contributed by atoms with van der Waals surface area (Å²) in [6.45, 7) is 5.34. The average Bonchev–Trinajstić information content (AvgIpc) is 2.18. The van der Waals surface area contributed by atoms with Gasteiger partial charge in [0.1, 0.15) is 0 Å². The van der Waals surface area contributed by atoms with Crippen molar-refractivity contribution in [3.63, 3.8) is 0 Å². The molecule has 1 N–H and O–H groups in total. The molecule has 0 spiro atoms. The maximum atomic E-state index is 11.2. The molecule has 0 aliphatic carbocycles. The number of rotatable bonds is 3. The highest BCUT2D eigenvalue weighted by Gasteiger charge is 2.15. The molecule has 1 saturated heterocycles. The summed E-state index contributed by atoms with van der Waals surface area (Å²) in [5, 5.41) is 3.40. The van der Waals surface area contributed by atoms with E-state index in [4.69, 9.17) is 0 Å². The van der Waals surface area contributed by atoms with Crippen LogP contribution in [0.1, 0.15) is 19.3 Å². The Bertz CT molecular complexity index is 185. The monoisotopic (exact) mass is 182 g/mol.